The maximum Gasteiger partial charge on any atom is 0.335 e. The fourth-order valence-electron chi connectivity index (χ4n) is 1.36. The lowest BCUT2D eigenvalue weighted by atomic mass is 10.1. The lowest BCUT2D eigenvalue weighted by Gasteiger charge is -2.01. The van der Waals surface area contributed by atoms with Crippen LogP contribution in [0.3, 0.4) is 0 Å². The third-order valence-corrected chi connectivity index (χ3v) is 2.20. The van der Waals surface area contributed by atoms with Gasteiger partial charge in [0, 0.05) is 17.1 Å². The molecule has 0 radical (unpaired) electrons. The molecule has 0 fully saturated rings. The average molecular weight is 199 g/mol. The number of benzene rings is 1. The van der Waals surface area contributed by atoms with Crippen LogP contribution in [0.2, 0.25) is 0 Å². The highest BCUT2D eigenvalue weighted by atomic mass is 16.4. The predicted molar refractivity (Wildman–Crippen MR) is 58.4 cm³/mol. The standard InChI is InChI=1S/C12H9NO2/c1-8(12(14)15)10-6-9-4-2-3-5-11(9)13-7-10/h2-7H,1H2,(H,14,15). The van der Waals surface area contributed by atoms with Gasteiger partial charge in [0.25, 0.3) is 0 Å². The molecule has 0 aliphatic carbocycles. The molecule has 0 saturated heterocycles. The lowest BCUT2D eigenvalue weighted by molar-refractivity contribution is -0.130. The van der Waals surface area contributed by atoms with Crippen LogP contribution in [0.25, 0.3) is 16.5 Å². The van der Waals surface area contributed by atoms with Crippen molar-refractivity contribution in [2.75, 3.05) is 0 Å². The fraction of sp³-hybridized carbons (Fsp3) is 0. The zero-order valence-corrected chi connectivity index (χ0v) is 7.97. The number of aliphatic carboxylic acids is 1. The first kappa shape index (κ1) is 9.40. The van der Waals surface area contributed by atoms with Gasteiger partial charge >= 0.3 is 5.97 Å². The molecule has 74 valence electrons. The molecule has 0 unspecified atom stereocenters. The summed E-state index contributed by atoms with van der Waals surface area (Å²) in [6.07, 6.45) is 1.53. The van der Waals surface area contributed by atoms with Gasteiger partial charge in [-0.2, -0.15) is 0 Å². The summed E-state index contributed by atoms with van der Waals surface area (Å²) in [6, 6.07) is 9.32. The zero-order valence-electron chi connectivity index (χ0n) is 7.97. The van der Waals surface area contributed by atoms with Crippen LogP contribution in [0.4, 0.5) is 0 Å². The highest BCUT2D eigenvalue weighted by Gasteiger charge is 2.07. The second kappa shape index (κ2) is 3.53. The van der Waals surface area contributed by atoms with Gasteiger partial charge in [0.1, 0.15) is 0 Å². The number of pyridine rings is 1. The van der Waals surface area contributed by atoms with Crippen molar-refractivity contribution in [2.24, 2.45) is 0 Å². The number of hydrogen-bond acceptors (Lipinski definition) is 2. The van der Waals surface area contributed by atoms with E-state index in [1.54, 1.807) is 6.07 Å². The van der Waals surface area contributed by atoms with Crippen molar-refractivity contribution >= 4 is 22.4 Å². The van der Waals surface area contributed by atoms with Crippen molar-refractivity contribution in [1.82, 2.24) is 4.98 Å². The maximum atomic E-state index is 10.7. The quantitative estimate of drug-likeness (QED) is 0.755. The predicted octanol–water partition coefficient (Wildman–Crippen LogP) is 2.33. The highest BCUT2D eigenvalue weighted by Crippen LogP contribution is 2.17. The molecule has 0 atom stereocenters. The molecule has 0 aliphatic heterocycles. The molecule has 3 nitrogen and oxygen atoms in total. The van der Waals surface area contributed by atoms with E-state index >= 15 is 0 Å². The van der Waals surface area contributed by atoms with Gasteiger partial charge in [-0.05, 0) is 12.1 Å². The maximum absolute atomic E-state index is 10.7. The number of para-hydroxylation sites is 1. The molecule has 1 aromatic carbocycles. The number of aromatic nitrogens is 1. The van der Waals surface area contributed by atoms with E-state index in [-0.39, 0.29) is 5.57 Å². The normalized spacial score (nSPS) is 10.1. The monoisotopic (exact) mass is 199 g/mol. The molecule has 2 rings (SSSR count). The van der Waals surface area contributed by atoms with Crippen LogP contribution in [0.15, 0.2) is 43.1 Å². The van der Waals surface area contributed by atoms with Crippen LogP contribution in [-0.2, 0) is 4.79 Å². The van der Waals surface area contributed by atoms with Gasteiger partial charge in [0.05, 0.1) is 11.1 Å². The largest absolute Gasteiger partial charge is 0.478 e. The SMILES string of the molecule is C=C(C(=O)O)c1cnc2ccccc2c1. The van der Waals surface area contributed by atoms with E-state index in [1.807, 2.05) is 24.3 Å². The van der Waals surface area contributed by atoms with Crippen LogP contribution >= 0.6 is 0 Å². The number of rotatable bonds is 2. The van der Waals surface area contributed by atoms with Crippen molar-refractivity contribution in [3.05, 3.63) is 48.7 Å². The average Bonchev–Trinajstić information content (AvgIpc) is 2.27. The molecule has 0 bridgehead atoms. The smallest absolute Gasteiger partial charge is 0.335 e. The third kappa shape index (κ3) is 1.72. The van der Waals surface area contributed by atoms with Gasteiger partial charge in [0.15, 0.2) is 0 Å². The van der Waals surface area contributed by atoms with Crippen molar-refractivity contribution in [2.45, 2.75) is 0 Å². The van der Waals surface area contributed by atoms with Gasteiger partial charge in [-0.1, -0.05) is 24.8 Å². The van der Waals surface area contributed by atoms with Crippen LogP contribution in [0, 0.1) is 0 Å². The molecule has 1 aromatic heterocycles. The highest BCUT2D eigenvalue weighted by molar-refractivity contribution is 6.14. The summed E-state index contributed by atoms with van der Waals surface area (Å²) in [6.45, 7) is 3.49. The first-order valence-electron chi connectivity index (χ1n) is 4.46. The Morgan fingerprint density at radius 3 is 2.80 bits per heavy atom. The molecular formula is C12H9NO2. The van der Waals surface area contributed by atoms with Crippen LogP contribution in [0.5, 0.6) is 0 Å². The van der Waals surface area contributed by atoms with E-state index in [0.29, 0.717) is 5.56 Å². The Labute approximate surface area is 86.7 Å². The molecule has 3 heteroatoms. The zero-order chi connectivity index (χ0) is 10.8. The van der Waals surface area contributed by atoms with E-state index in [1.165, 1.54) is 6.20 Å². The summed E-state index contributed by atoms with van der Waals surface area (Å²) >= 11 is 0. The summed E-state index contributed by atoms with van der Waals surface area (Å²) in [5, 5.41) is 9.69. The molecule has 1 heterocycles. The topological polar surface area (TPSA) is 50.2 Å². The Hall–Kier alpha value is -2.16. The molecular weight excluding hydrogens is 190 g/mol. The molecule has 2 aromatic rings. The van der Waals surface area contributed by atoms with E-state index in [4.69, 9.17) is 5.11 Å². The number of fused-ring (bicyclic) bond motifs is 1. The van der Waals surface area contributed by atoms with Crippen LogP contribution < -0.4 is 0 Å². The molecule has 0 aliphatic rings. The van der Waals surface area contributed by atoms with Gasteiger partial charge in [-0.25, -0.2) is 4.79 Å². The van der Waals surface area contributed by atoms with Crippen molar-refractivity contribution in [3.8, 4) is 0 Å². The first-order chi connectivity index (χ1) is 7.18. The van der Waals surface area contributed by atoms with Crippen LogP contribution in [-0.4, -0.2) is 16.1 Å². The first-order valence-corrected chi connectivity index (χ1v) is 4.46. The van der Waals surface area contributed by atoms with E-state index in [2.05, 4.69) is 11.6 Å². The van der Waals surface area contributed by atoms with E-state index in [9.17, 15) is 4.79 Å². The molecule has 0 spiro atoms. The number of nitrogens with zero attached hydrogens (tertiary/aromatic N) is 1. The van der Waals surface area contributed by atoms with E-state index < -0.39 is 5.97 Å². The molecule has 1 N–H and O–H groups in total. The fourth-order valence-corrected chi connectivity index (χ4v) is 1.36. The molecule has 15 heavy (non-hydrogen) atoms. The molecule has 0 saturated carbocycles. The van der Waals surface area contributed by atoms with Gasteiger partial charge in [-0.3, -0.25) is 4.98 Å². The number of carbonyl (C=O) groups is 1. The second-order valence-corrected chi connectivity index (χ2v) is 3.20. The Balaban J connectivity index is 2.56. The number of carboxylic acid groups (broad SMARTS) is 1. The minimum absolute atomic E-state index is 0.0632. The lowest BCUT2D eigenvalue weighted by Crippen LogP contribution is -1.98. The summed E-state index contributed by atoms with van der Waals surface area (Å²) in [5.41, 5.74) is 1.45. The van der Waals surface area contributed by atoms with E-state index in [0.717, 1.165) is 10.9 Å². The Morgan fingerprint density at radius 1 is 1.33 bits per heavy atom. The summed E-state index contributed by atoms with van der Waals surface area (Å²) in [4.78, 5) is 14.9. The minimum Gasteiger partial charge on any atom is -0.478 e. The minimum atomic E-state index is -1.02. The van der Waals surface area contributed by atoms with Gasteiger partial charge in [-0.15, -0.1) is 0 Å². The Kier molecular flexibility index (Phi) is 2.21. The summed E-state index contributed by atoms with van der Waals surface area (Å²) < 4.78 is 0. The summed E-state index contributed by atoms with van der Waals surface area (Å²) in [7, 11) is 0. The Morgan fingerprint density at radius 2 is 2.07 bits per heavy atom. The number of hydrogen-bond donors (Lipinski definition) is 1. The van der Waals surface area contributed by atoms with Crippen molar-refractivity contribution in [1.29, 1.82) is 0 Å². The number of carboxylic acids is 1. The molecule has 0 amide bonds. The van der Waals surface area contributed by atoms with Crippen LogP contribution in [0.1, 0.15) is 5.56 Å². The summed E-state index contributed by atoms with van der Waals surface area (Å²) in [5.74, 6) is -1.02. The van der Waals surface area contributed by atoms with Gasteiger partial charge < -0.3 is 5.11 Å². The van der Waals surface area contributed by atoms with Crippen molar-refractivity contribution in [3.63, 3.8) is 0 Å². The second-order valence-electron chi connectivity index (χ2n) is 3.20. The Bertz CT molecular complexity index is 546. The van der Waals surface area contributed by atoms with Gasteiger partial charge in [0.2, 0.25) is 0 Å². The van der Waals surface area contributed by atoms with Crippen molar-refractivity contribution < 1.29 is 9.90 Å². The third-order valence-electron chi connectivity index (χ3n) is 2.20.